The summed E-state index contributed by atoms with van der Waals surface area (Å²) >= 11 is 4.12. The van der Waals surface area contributed by atoms with Crippen molar-refractivity contribution >= 4 is 25.1 Å². The zero-order valence-electron chi connectivity index (χ0n) is 4.49. The van der Waals surface area contributed by atoms with Crippen molar-refractivity contribution in [3.05, 3.63) is 0 Å². The topological polar surface area (TPSA) is 24.7 Å². The Hall–Kier alpha value is -0.310. The molecule has 0 aliphatic carbocycles. The van der Waals surface area contributed by atoms with E-state index in [1.807, 2.05) is 12.4 Å². The highest BCUT2D eigenvalue weighted by Gasteiger charge is 1.96. The van der Waals surface area contributed by atoms with E-state index in [0.717, 1.165) is 13.0 Å². The Bertz CT molecular complexity index is 120. The van der Waals surface area contributed by atoms with Gasteiger partial charge in [0.15, 0.2) is 0 Å². The van der Waals surface area contributed by atoms with Crippen molar-refractivity contribution in [1.82, 2.24) is 0 Å². The van der Waals surface area contributed by atoms with E-state index in [9.17, 15) is 0 Å². The lowest BCUT2D eigenvalue weighted by Gasteiger charge is -1.94. The van der Waals surface area contributed by atoms with Gasteiger partial charge < -0.3 is 0 Å². The minimum absolute atomic E-state index is 0.0914. The van der Waals surface area contributed by atoms with Crippen LogP contribution in [0.5, 0.6) is 0 Å². The molecular weight excluding hydrogens is 120 g/mol. The third-order valence-corrected chi connectivity index (χ3v) is 1.18. The molecule has 3 heteroatoms. The SMILES string of the molecule is SC1CN=CCC=N1. The number of rotatable bonds is 0. The first-order valence-electron chi connectivity index (χ1n) is 2.57. The molecule has 0 radical (unpaired) electrons. The summed E-state index contributed by atoms with van der Waals surface area (Å²) in [6, 6.07) is 0. The summed E-state index contributed by atoms with van der Waals surface area (Å²) in [7, 11) is 0. The van der Waals surface area contributed by atoms with Crippen molar-refractivity contribution in [3.63, 3.8) is 0 Å². The van der Waals surface area contributed by atoms with Gasteiger partial charge in [-0.3, -0.25) is 9.98 Å². The van der Waals surface area contributed by atoms with Gasteiger partial charge in [0.2, 0.25) is 0 Å². The van der Waals surface area contributed by atoms with Crippen LogP contribution in [0.2, 0.25) is 0 Å². The van der Waals surface area contributed by atoms with E-state index in [0.29, 0.717) is 0 Å². The average Bonchev–Trinajstić information content (AvgIpc) is 1.94. The van der Waals surface area contributed by atoms with Crippen molar-refractivity contribution in [2.24, 2.45) is 9.98 Å². The third-order valence-electron chi connectivity index (χ3n) is 0.886. The fourth-order valence-corrected chi connectivity index (χ4v) is 0.709. The summed E-state index contributed by atoms with van der Waals surface area (Å²) in [6.45, 7) is 0.722. The van der Waals surface area contributed by atoms with E-state index >= 15 is 0 Å². The van der Waals surface area contributed by atoms with E-state index in [1.165, 1.54) is 0 Å². The van der Waals surface area contributed by atoms with E-state index in [-0.39, 0.29) is 5.37 Å². The van der Waals surface area contributed by atoms with Gasteiger partial charge in [-0.1, -0.05) is 0 Å². The number of aliphatic imine (C=N–C) groups is 2. The van der Waals surface area contributed by atoms with Crippen LogP contribution in [0.3, 0.4) is 0 Å². The van der Waals surface area contributed by atoms with Crippen LogP contribution in [0, 0.1) is 0 Å². The summed E-state index contributed by atoms with van der Waals surface area (Å²) in [4.78, 5) is 8.06. The van der Waals surface area contributed by atoms with Crippen LogP contribution in [-0.2, 0) is 0 Å². The molecule has 0 aromatic rings. The van der Waals surface area contributed by atoms with Gasteiger partial charge in [0.25, 0.3) is 0 Å². The molecule has 0 aromatic heterocycles. The predicted molar refractivity (Wildman–Crippen MR) is 39.2 cm³/mol. The molecule has 0 saturated carbocycles. The van der Waals surface area contributed by atoms with Crippen molar-refractivity contribution in [2.75, 3.05) is 6.54 Å². The normalized spacial score (nSPS) is 27.9. The Balaban J connectivity index is 2.48. The lowest BCUT2D eigenvalue weighted by molar-refractivity contribution is 0.935. The molecule has 1 rings (SSSR count). The highest BCUT2D eigenvalue weighted by atomic mass is 32.1. The molecule has 2 nitrogen and oxygen atoms in total. The fourth-order valence-electron chi connectivity index (χ4n) is 0.520. The molecule has 8 heavy (non-hydrogen) atoms. The van der Waals surface area contributed by atoms with Crippen molar-refractivity contribution in [2.45, 2.75) is 11.8 Å². The van der Waals surface area contributed by atoms with Gasteiger partial charge in [-0.2, -0.15) is 12.6 Å². The van der Waals surface area contributed by atoms with Gasteiger partial charge in [-0.25, -0.2) is 0 Å². The molecule has 0 fully saturated rings. The van der Waals surface area contributed by atoms with Gasteiger partial charge in [0.1, 0.15) is 5.37 Å². The molecule has 0 amide bonds. The minimum atomic E-state index is 0.0914. The first-order valence-corrected chi connectivity index (χ1v) is 3.09. The second-order valence-electron chi connectivity index (χ2n) is 1.60. The van der Waals surface area contributed by atoms with E-state index in [1.54, 1.807) is 0 Å². The average molecular weight is 128 g/mol. The molecule has 0 spiro atoms. The first kappa shape index (κ1) is 5.82. The molecule has 1 heterocycles. The van der Waals surface area contributed by atoms with Crippen molar-refractivity contribution in [3.8, 4) is 0 Å². The van der Waals surface area contributed by atoms with Crippen LogP contribution in [0.4, 0.5) is 0 Å². The first-order chi connectivity index (χ1) is 3.89. The van der Waals surface area contributed by atoms with Gasteiger partial charge in [0.05, 0.1) is 6.54 Å². The largest absolute Gasteiger partial charge is 0.294 e. The number of hydrogen-bond acceptors (Lipinski definition) is 3. The Kier molecular flexibility index (Phi) is 2.09. The van der Waals surface area contributed by atoms with E-state index in [2.05, 4.69) is 22.6 Å². The number of thiol groups is 1. The summed E-state index contributed by atoms with van der Waals surface area (Å²) in [5.74, 6) is 0. The van der Waals surface area contributed by atoms with Gasteiger partial charge in [-0.15, -0.1) is 0 Å². The van der Waals surface area contributed by atoms with Crippen LogP contribution in [0.15, 0.2) is 9.98 Å². The maximum Gasteiger partial charge on any atom is 0.111 e. The maximum absolute atomic E-state index is 4.12. The Morgan fingerprint density at radius 1 is 1.50 bits per heavy atom. The highest BCUT2D eigenvalue weighted by molar-refractivity contribution is 7.81. The van der Waals surface area contributed by atoms with Crippen LogP contribution in [0.25, 0.3) is 0 Å². The third kappa shape index (κ3) is 1.66. The Morgan fingerprint density at radius 2 is 2.38 bits per heavy atom. The van der Waals surface area contributed by atoms with E-state index < -0.39 is 0 Å². The quantitative estimate of drug-likeness (QED) is 0.466. The Labute approximate surface area is 54.1 Å². The summed E-state index contributed by atoms with van der Waals surface area (Å²) < 4.78 is 0. The van der Waals surface area contributed by atoms with Crippen LogP contribution in [-0.4, -0.2) is 24.3 Å². The number of nitrogens with zero attached hydrogens (tertiary/aromatic N) is 2. The Morgan fingerprint density at radius 3 is 3.25 bits per heavy atom. The molecule has 1 aliphatic rings. The summed E-state index contributed by atoms with van der Waals surface area (Å²) in [6.07, 6.45) is 4.56. The van der Waals surface area contributed by atoms with Crippen molar-refractivity contribution in [1.29, 1.82) is 0 Å². The number of hydrogen-bond donors (Lipinski definition) is 1. The smallest absolute Gasteiger partial charge is 0.111 e. The molecular formula is C5H8N2S. The highest BCUT2D eigenvalue weighted by Crippen LogP contribution is 1.98. The van der Waals surface area contributed by atoms with Gasteiger partial charge >= 0.3 is 0 Å². The zero-order chi connectivity index (χ0) is 5.82. The molecule has 1 aliphatic heterocycles. The molecule has 0 aromatic carbocycles. The zero-order valence-corrected chi connectivity index (χ0v) is 5.38. The lowest BCUT2D eigenvalue weighted by Crippen LogP contribution is -1.96. The predicted octanol–water partition coefficient (Wildman–Crippen LogP) is 0.788. The molecule has 1 atom stereocenters. The minimum Gasteiger partial charge on any atom is -0.294 e. The van der Waals surface area contributed by atoms with Gasteiger partial charge in [0, 0.05) is 18.9 Å². The second kappa shape index (κ2) is 2.87. The van der Waals surface area contributed by atoms with Crippen LogP contribution < -0.4 is 0 Å². The summed E-state index contributed by atoms with van der Waals surface area (Å²) in [5, 5.41) is 0.0914. The van der Waals surface area contributed by atoms with E-state index in [4.69, 9.17) is 0 Å². The molecule has 0 N–H and O–H groups in total. The molecule has 1 unspecified atom stereocenters. The monoisotopic (exact) mass is 128 g/mol. The maximum atomic E-state index is 4.12. The summed E-state index contributed by atoms with van der Waals surface area (Å²) in [5.41, 5.74) is 0. The molecule has 44 valence electrons. The molecule has 0 bridgehead atoms. The van der Waals surface area contributed by atoms with Gasteiger partial charge in [-0.05, 0) is 0 Å². The van der Waals surface area contributed by atoms with Crippen LogP contribution >= 0.6 is 12.6 Å². The standard InChI is InChI=1S/C5H8N2S/c8-5-4-6-2-1-3-7-5/h2-3,5,8H,1,4H2. The van der Waals surface area contributed by atoms with Crippen LogP contribution in [0.1, 0.15) is 6.42 Å². The molecule has 0 saturated heterocycles. The van der Waals surface area contributed by atoms with Crippen molar-refractivity contribution < 1.29 is 0 Å². The lowest BCUT2D eigenvalue weighted by atomic mass is 10.5. The second-order valence-corrected chi connectivity index (χ2v) is 2.19. The fraction of sp³-hybridized carbons (Fsp3) is 0.600.